The molecule has 0 bridgehead atoms. The van der Waals surface area contributed by atoms with Gasteiger partial charge in [0.1, 0.15) is 6.61 Å². The molecule has 0 fully saturated rings. The highest BCUT2D eigenvalue weighted by molar-refractivity contribution is 5.70. The van der Waals surface area contributed by atoms with Crippen LogP contribution in [0.15, 0.2) is 60.8 Å². The fourth-order valence-corrected chi connectivity index (χ4v) is 5.60. The van der Waals surface area contributed by atoms with E-state index >= 15 is 0 Å². The Hall–Kier alpha value is -2.40. The molecule has 1 atom stereocenters. The molecular weight excluding hydrogens is 620 g/mol. The number of esters is 2. The highest BCUT2D eigenvalue weighted by Crippen LogP contribution is 2.13. The Morgan fingerprint density at radius 1 is 0.460 bits per heavy atom. The van der Waals surface area contributed by atoms with E-state index in [1.165, 1.54) is 116 Å². The largest absolute Gasteiger partial charge is 0.462 e. The second-order valence-corrected chi connectivity index (χ2v) is 13.7. The smallest absolute Gasteiger partial charge is 0.306 e. The van der Waals surface area contributed by atoms with Crippen LogP contribution in [0.2, 0.25) is 0 Å². The molecule has 5 nitrogen and oxygen atoms in total. The molecule has 0 saturated carbocycles. The van der Waals surface area contributed by atoms with Crippen molar-refractivity contribution in [1.29, 1.82) is 0 Å². The number of rotatable bonds is 37. The van der Waals surface area contributed by atoms with Crippen LogP contribution in [0.1, 0.15) is 194 Å². The number of aliphatic hydroxyl groups is 1. The molecule has 0 saturated heterocycles. The van der Waals surface area contributed by atoms with E-state index in [0.717, 1.165) is 44.9 Å². The lowest BCUT2D eigenvalue weighted by atomic mass is 10.1. The van der Waals surface area contributed by atoms with Crippen LogP contribution < -0.4 is 0 Å². The van der Waals surface area contributed by atoms with Crippen molar-refractivity contribution in [2.75, 3.05) is 13.2 Å². The Balaban J connectivity index is 3.63. The fraction of sp³-hybridized carbons (Fsp3) is 0.733. The maximum Gasteiger partial charge on any atom is 0.306 e. The van der Waals surface area contributed by atoms with E-state index in [2.05, 4.69) is 74.6 Å². The minimum atomic E-state index is -0.801. The van der Waals surface area contributed by atoms with Crippen LogP contribution >= 0.6 is 0 Å². The number of aliphatic hydroxyl groups excluding tert-OH is 1. The zero-order valence-corrected chi connectivity index (χ0v) is 32.6. The SMILES string of the molecule is CCCCC/C=C\C/C=C\CCCCCCCCCCCC(=O)OC[C@H](CO)OC(=O)CCC/C=C\C/C=C\C/C=C\CCCCCCCC. The van der Waals surface area contributed by atoms with Crippen LogP contribution in [0.5, 0.6) is 0 Å². The van der Waals surface area contributed by atoms with Gasteiger partial charge in [-0.15, -0.1) is 0 Å². The average molecular weight is 699 g/mol. The molecule has 0 aliphatic carbocycles. The van der Waals surface area contributed by atoms with Gasteiger partial charge in [-0.3, -0.25) is 9.59 Å². The van der Waals surface area contributed by atoms with E-state index in [0.29, 0.717) is 12.8 Å². The van der Waals surface area contributed by atoms with Gasteiger partial charge in [0.25, 0.3) is 0 Å². The van der Waals surface area contributed by atoms with Gasteiger partial charge >= 0.3 is 11.9 Å². The Bertz CT molecular complexity index is 884. The number of ether oxygens (including phenoxy) is 2. The number of unbranched alkanes of at least 4 members (excludes halogenated alkanes) is 19. The van der Waals surface area contributed by atoms with Crippen LogP contribution in [0.4, 0.5) is 0 Å². The lowest BCUT2D eigenvalue weighted by molar-refractivity contribution is -0.161. The molecule has 0 spiro atoms. The molecule has 0 amide bonds. The number of carbonyl (C=O) groups is 2. The monoisotopic (exact) mass is 699 g/mol. The van der Waals surface area contributed by atoms with E-state index in [-0.39, 0.29) is 31.6 Å². The lowest BCUT2D eigenvalue weighted by Gasteiger charge is -2.15. The molecule has 0 radical (unpaired) electrons. The summed E-state index contributed by atoms with van der Waals surface area (Å²) in [6.45, 7) is 4.06. The summed E-state index contributed by atoms with van der Waals surface area (Å²) in [5, 5.41) is 9.56. The quantitative estimate of drug-likeness (QED) is 0.0397. The predicted octanol–water partition coefficient (Wildman–Crippen LogP) is 13.2. The van der Waals surface area contributed by atoms with Crippen molar-refractivity contribution in [2.45, 2.75) is 200 Å². The van der Waals surface area contributed by atoms with Crippen molar-refractivity contribution in [3.63, 3.8) is 0 Å². The number of hydrogen-bond donors (Lipinski definition) is 1. The minimum Gasteiger partial charge on any atom is -0.462 e. The molecular formula is C45H78O5. The summed E-state index contributed by atoms with van der Waals surface area (Å²) in [4.78, 5) is 24.3. The molecule has 5 heteroatoms. The first-order valence-corrected chi connectivity index (χ1v) is 20.8. The van der Waals surface area contributed by atoms with Crippen molar-refractivity contribution in [1.82, 2.24) is 0 Å². The summed E-state index contributed by atoms with van der Waals surface area (Å²) in [5.41, 5.74) is 0. The van der Waals surface area contributed by atoms with Crippen LogP contribution in [0.25, 0.3) is 0 Å². The molecule has 0 aliphatic heterocycles. The number of allylic oxidation sites excluding steroid dienone is 10. The number of carbonyl (C=O) groups excluding carboxylic acids is 2. The molecule has 0 aliphatic rings. The molecule has 1 N–H and O–H groups in total. The summed E-state index contributed by atoms with van der Waals surface area (Å²) in [6.07, 6.45) is 52.9. The predicted molar refractivity (Wildman–Crippen MR) is 214 cm³/mol. The summed E-state index contributed by atoms with van der Waals surface area (Å²) >= 11 is 0. The summed E-state index contributed by atoms with van der Waals surface area (Å²) in [6, 6.07) is 0. The van der Waals surface area contributed by atoms with Crippen LogP contribution in [-0.2, 0) is 19.1 Å². The first kappa shape index (κ1) is 47.6. The van der Waals surface area contributed by atoms with Crippen LogP contribution in [-0.4, -0.2) is 36.4 Å². The van der Waals surface area contributed by atoms with Crippen molar-refractivity contribution in [3.8, 4) is 0 Å². The second-order valence-electron chi connectivity index (χ2n) is 13.7. The average Bonchev–Trinajstić information content (AvgIpc) is 3.12. The zero-order valence-electron chi connectivity index (χ0n) is 32.6. The van der Waals surface area contributed by atoms with Crippen molar-refractivity contribution >= 4 is 11.9 Å². The highest BCUT2D eigenvalue weighted by Gasteiger charge is 2.15. The highest BCUT2D eigenvalue weighted by atomic mass is 16.6. The van der Waals surface area contributed by atoms with Crippen molar-refractivity contribution in [2.24, 2.45) is 0 Å². The van der Waals surface area contributed by atoms with Gasteiger partial charge in [-0.05, 0) is 77.0 Å². The molecule has 50 heavy (non-hydrogen) atoms. The Kier molecular flexibility index (Phi) is 39.1. The van der Waals surface area contributed by atoms with Gasteiger partial charge in [0.15, 0.2) is 6.10 Å². The molecule has 0 heterocycles. The van der Waals surface area contributed by atoms with Gasteiger partial charge in [0.2, 0.25) is 0 Å². The van der Waals surface area contributed by atoms with Crippen LogP contribution in [0, 0.1) is 0 Å². The third kappa shape index (κ3) is 38.4. The van der Waals surface area contributed by atoms with Gasteiger partial charge in [0.05, 0.1) is 6.61 Å². The molecule has 0 aromatic rings. The molecule has 0 aromatic heterocycles. The Labute approximate surface area is 309 Å². The lowest BCUT2D eigenvalue weighted by Crippen LogP contribution is -2.28. The van der Waals surface area contributed by atoms with Gasteiger partial charge < -0.3 is 14.6 Å². The van der Waals surface area contributed by atoms with E-state index in [1.807, 2.05) is 0 Å². The Morgan fingerprint density at radius 3 is 1.30 bits per heavy atom. The maximum atomic E-state index is 12.2. The van der Waals surface area contributed by atoms with Crippen molar-refractivity contribution in [3.05, 3.63) is 60.8 Å². The minimum absolute atomic E-state index is 0.0898. The summed E-state index contributed by atoms with van der Waals surface area (Å²) in [7, 11) is 0. The van der Waals surface area contributed by atoms with E-state index < -0.39 is 6.10 Å². The van der Waals surface area contributed by atoms with E-state index in [1.54, 1.807) is 0 Å². The third-order valence-corrected chi connectivity index (χ3v) is 8.78. The standard InChI is InChI=1S/C45H78O5/c1-3-5-7-9-11-13-15-17-19-21-22-24-25-27-29-31-33-35-37-39-44(47)49-42-43(41-46)50-45(48)40-38-36-34-32-30-28-26-23-20-18-16-14-12-10-8-6-4-2/h11,13,17-20,26,28,32,34,43,46H,3-10,12,14-16,21-25,27,29-31,33,35-42H2,1-2H3/b13-11-,19-17-,20-18-,28-26-,34-32-/t43-/m0/s1. The Morgan fingerprint density at radius 2 is 0.820 bits per heavy atom. The first-order valence-electron chi connectivity index (χ1n) is 20.8. The first-order chi connectivity index (χ1) is 24.6. The fourth-order valence-electron chi connectivity index (χ4n) is 5.60. The molecule has 0 rings (SSSR count). The van der Waals surface area contributed by atoms with Gasteiger partial charge in [-0.25, -0.2) is 0 Å². The van der Waals surface area contributed by atoms with Gasteiger partial charge in [-0.2, -0.15) is 0 Å². The zero-order chi connectivity index (χ0) is 36.4. The van der Waals surface area contributed by atoms with Gasteiger partial charge in [-0.1, -0.05) is 164 Å². The molecule has 288 valence electrons. The molecule has 0 aromatic carbocycles. The maximum absolute atomic E-state index is 12.2. The normalized spacial score (nSPS) is 12.8. The summed E-state index contributed by atoms with van der Waals surface area (Å²) < 4.78 is 10.6. The summed E-state index contributed by atoms with van der Waals surface area (Å²) in [5.74, 6) is -0.658. The third-order valence-electron chi connectivity index (χ3n) is 8.78. The second kappa shape index (κ2) is 41.0. The molecule has 0 unspecified atom stereocenters. The van der Waals surface area contributed by atoms with Crippen LogP contribution in [0.3, 0.4) is 0 Å². The number of hydrogen-bond acceptors (Lipinski definition) is 5. The van der Waals surface area contributed by atoms with E-state index in [9.17, 15) is 14.7 Å². The van der Waals surface area contributed by atoms with Gasteiger partial charge in [0, 0.05) is 12.8 Å². The van der Waals surface area contributed by atoms with E-state index in [4.69, 9.17) is 9.47 Å². The van der Waals surface area contributed by atoms with Crippen molar-refractivity contribution < 1.29 is 24.2 Å². The topological polar surface area (TPSA) is 72.8 Å².